The van der Waals surface area contributed by atoms with Gasteiger partial charge in [0.2, 0.25) is 0 Å². The Morgan fingerprint density at radius 3 is 2.33 bits per heavy atom. The van der Waals surface area contributed by atoms with Gasteiger partial charge in [-0.15, -0.1) is 43.7 Å². The monoisotopic (exact) mass is 316 g/mol. The molecular formula is C12H17IN2. The summed E-state index contributed by atoms with van der Waals surface area (Å²) in [6, 6.07) is 0. The number of aromatic nitrogens is 2. The summed E-state index contributed by atoms with van der Waals surface area (Å²) in [4.78, 5) is 4.48. The fraction of sp³-hybridized carbons (Fsp3) is 0.250. The Balaban J connectivity index is 0.00000196. The number of hydrogen-bond acceptors (Lipinski definition) is 1. The smallest absolute Gasteiger partial charge is 0.113 e. The van der Waals surface area contributed by atoms with E-state index in [1.54, 1.807) is 0 Å². The van der Waals surface area contributed by atoms with Gasteiger partial charge in [-0.2, -0.15) is 0 Å². The van der Waals surface area contributed by atoms with Gasteiger partial charge in [0.25, 0.3) is 0 Å². The summed E-state index contributed by atoms with van der Waals surface area (Å²) in [6.07, 6.45) is 9.24. The summed E-state index contributed by atoms with van der Waals surface area (Å²) in [7, 11) is 0. The van der Waals surface area contributed by atoms with E-state index in [1.165, 1.54) is 0 Å². The third-order valence-electron chi connectivity index (χ3n) is 1.92. The molecule has 0 atom stereocenters. The molecule has 15 heavy (non-hydrogen) atoms. The topological polar surface area (TPSA) is 17.8 Å². The van der Waals surface area contributed by atoms with E-state index >= 15 is 0 Å². The maximum Gasteiger partial charge on any atom is 0.113 e. The average molecular weight is 316 g/mol. The summed E-state index contributed by atoms with van der Waals surface area (Å²) in [6.45, 7) is 11.9. The van der Waals surface area contributed by atoms with Gasteiger partial charge in [-0.25, -0.2) is 4.98 Å². The fourth-order valence-electron chi connectivity index (χ4n) is 1.35. The molecule has 1 heterocycles. The first-order valence-electron chi connectivity index (χ1n) is 4.69. The summed E-state index contributed by atoms with van der Waals surface area (Å²) >= 11 is 0. The van der Waals surface area contributed by atoms with E-state index in [0.717, 1.165) is 30.9 Å². The Hall–Kier alpha value is -0.840. The predicted molar refractivity (Wildman–Crippen MR) is 75.6 cm³/mol. The Bertz CT molecular complexity index is 312. The minimum absolute atomic E-state index is 0. The van der Waals surface area contributed by atoms with Gasteiger partial charge in [-0.05, 0) is 0 Å². The minimum atomic E-state index is 0. The van der Waals surface area contributed by atoms with E-state index in [4.69, 9.17) is 0 Å². The molecule has 0 aliphatic heterocycles. The molecule has 0 amide bonds. The SMILES string of the molecule is C=CCc1cn(CC=C)c(CC=C)n1.I. The molecule has 1 rings (SSSR count). The van der Waals surface area contributed by atoms with Gasteiger partial charge in [0.15, 0.2) is 0 Å². The van der Waals surface area contributed by atoms with E-state index in [0.29, 0.717) is 0 Å². The van der Waals surface area contributed by atoms with Gasteiger partial charge in [-0.3, -0.25) is 0 Å². The number of halogens is 1. The van der Waals surface area contributed by atoms with Crippen molar-refractivity contribution >= 4 is 24.0 Å². The Kier molecular flexibility index (Phi) is 7.03. The first-order chi connectivity index (χ1) is 6.81. The second-order valence-electron chi connectivity index (χ2n) is 3.08. The molecule has 0 aromatic carbocycles. The summed E-state index contributed by atoms with van der Waals surface area (Å²) in [5, 5.41) is 0. The second-order valence-corrected chi connectivity index (χ2v) is 3.08. The number of rotatable bonds is 6. The van der Waals surface area contributed by atoms with Gasteiger partial charge in [0.05, 0.1) is 5.69 Å². The molecule has 1 aromatic rings. The standard InChI is InChI=1S/C12H16N2.HI/c1-4-7-11-10-14(9-6-3)12(13-11)8-5-2;/h4-6,10H,1-3,7-9H2;1H. The molecule has 0 fully saturated rings. The molecule has 3 heteroatoms. The zero-order valence-electron chi connectivity index (χ0n) is 8.85. The maximum atomic E-state index is 4.48. The summed E-state index contributed by atoms with van der Waals surface area (Å²) in [5.74, 6) is 1.04. The van der Waals surface area contributed by atoms with Crippen LogP contribution in [-0.2, 0) is 19.4 Å². The van der Waals surface area contributed by atoms with Gasteiger partial charge in [0.1, 0.15) is 5.82 Å². The molecule has 0 bridgehead atoms. The molecule has 0 radical (unpaired) electrons. The lowest BCUT2D eigenvalue weighted by molar-refractivity contribution is 0.763. The highest BCUT2D eigenvalue weighted by Crippen LogP contribution is 2.06. The van der Waals surface area contributed by atoms with Crippen LogP contribution < -0.4 is 0 Å². The van der Waals surface area contributed by atoms with Gasteiger partial charge in [-0.1, -0.05) is 18.2 Å². The average Bonchev–Trinajstić information content (AvgIpc) is 2.50. The predicted octanol–water partition coefficient (Wildman–Crippen LogP) is 3.14. The summed E-state index contributed by atoms with van der Waals surface area (Å²) < 4.78 is 2.09. The summed E-state index contributed by atoms with van der Waals surface area (Å²) in [5.41, 5.74) is 1.05. The highest BCUT2D eigenvalue weighted by atomic mass is 127. The molecule has 0 saturated carbocycles. The van der Waals surface area contributed by atoms with Crippen LogP contribution in [0.15, 0.2) is 44.2 Å². The molecule has 0 aliphatic rings. The number of allylic oxidation sites excluding steroid dienone is 3. The zero-order valence-corrected chi connectivity index (χ0v) is 11.2. The normalized spacial score (nSPS) is 9.07. The molecule has 0 aliphatic carbocycles. The number of nitrogens with zero attached hydrogens (tertiary/aromatic N) is 2. The number of imidazole rings is 1. The lowest BCUT2D eigenvalue weighted by Gasteiger charge is -2.00. The van der Waals surface area contributed by atoms with E-state index in [9.17, 15) is 0 Å². The van der Waals surface area contributed by atoms with E-state index in [2.05, 4.69) is 29.3 Å². The molecular weight excluding hydrogens is 299 g/mol. The Morgan fingerprint density at radius 1 is 1.13 bits per heavy atom. The molecule has 0 unspecified atom stereocenters. The van der Waals surface area contributed by atoms with Crippen LogP contribution in [0.25, 0.3) is 0 Å². The molecule has 0 N–H and O–H groups in total. The third kappa shape index (κ3) is 4.03. The Labute approximate surface area is 108 Å². The molecule has 82 valence electrons. The lowest BCUT2D eigenvalue weighted by atomic mass is 10.3. The fourth-order valence-corrected chi connectivity index (χ4v) is 1.35. The van der Waals surface area contributed by atoms with Crippen LogP contribution in [0.3, 0.4) is 0 Å². The molecule has 0 spiro atoms. The third-order valence-corrected chi connectivity index (χ3v) is 1.92. The first-order valence-corrected chi connectivity index (χ1v) is 4.69. The van der Waals surface area contributed by atoms with Gasteiger partial charge in [0, 0.05) is 25.6 Å². The Morgan fingerprint density at radius 2 is 1.80 bits per heavy atom. The molecule has 0 saturated heterocycles. The van der Waals surface area contributed by atoms with Crippen LogP contribution in [0.1, 0.15) is 11.5 Å². The highest BCUT2D eigenvalue weighted by Gasteiger charge is 2.03. The van der Waals surface area contributed by atoms with Crippen molar-refractivity contribution < 1.29 is 0 Å². The number of hydrogen-bond donors (Lipinski definition) is 0. The van der Waals surface area contributed by atoms with Crippen LogP contribution in [0.2, 0.25) is 0 Å². The van der Waals surface area contributed by atoms with Crippen molar-refractivity contribution in [3.8, 4) is 0 Å². The van der Waals surface area contributed by atoms with Crippen molar-refractivity contribution in [2.45, 2.75) is 19.4 Å². The van der Waals surface area contributed by atoms with E-state index < -0.39 is 0 Å². The van der Waals surface area contributed by atoms with Crippen LogP contribution in [0.4, 0.5) is 0 Å². The second kappa shape index (κ2) is 7.45. The van der Waals surface area contributed by atoms with Gasteiger partial charge < -0.3 is 4.57 Å². The van der Waals surface area contributed by atoms with Crippen molar-refractivity contribution in [3.05, 3.63) is 55.7 Å². The lowest BCUT2D eigenvalue weighted by Crippen LogP contribution is -1.99. The van der Waals surface area contributed by atoms with Crippen molar-refractivity contribution in [3.63, 3.8) is 0 Å². The zero-order chi connectivity index (χ0) is 10.4. The molecule has 2 nitrogen and oxygen atoms in total. The minimum Gasteiger partial charge on any atom is -0.331 e. The van der Waals surface area contributed by atoms with Crippen LogP contribution >= 0.6 is 24.0 Å². The van der Waals surface area contributed by atoms with Crippen LogP contribution in [0.5, 0.6) is 0 Å². The first kappa shape index (κ1) is 14.2. The van der Waals surface area contributed by atoms with Crippen molar-refractivity contribution in [1.82, 2.24) is 9.55 Å². The maximum absolute atomic E-state index is 4.48. The van der Waals surface area contributed by atoms with E-state index in [-0.39, 0.29) is 24.0 Å². The van der Waals surface area contributed by atoms with Crippen molar-refractivity contribution in [2.75, 3.05) is 0 Å². The quantitative estimate of drug-likeness (QED) is 0.582. The van der Waals surface area contributed by atoms with Crippen LogP contribution in [-0.4, -0.2) is 9.55 Å². The largest absolute Gasteiger partial charge is 0.331 e. The van der Waals surface area contributed by atoms with E-state index in [1.807, 2.05) is 24.4 Å². The van der Waals surface area contributed by atoms with Crippen molar-refractivity contribution in [1.29, 1.82) is 0 Å². The van der Waals surface area contributed by atoms with Crippen molar-refractivity contribution in [2.24, 2.45) is 0 Å². The molecule has 1 aromatic heterocycles. The van der Waals surface area contributed by atoms with Gasteiger partial charge >= 0.3 is 0 Å². The van der Waals surface area contributed by atoms with Crippen LogP contribution in [0, 0.1) is 0 Å². The highest BCUT2D eigenvalue weighted by molar-refractivity contribution is 14.0.